The van der Waals surface area contributed by atoms with Gasteiger partial charge in [-0.2, -0.15) is 0 Å². The molecule has 0 atom stereocenters. The summed E-state index contributed by atoms with van der Waals surface area (Å²) in [4.78, 5) is 2.77. The first-order chi connectivity index (χ1) is 10.5. The van der Waals surface area contributed by atoms with Crippen LogP contribution in [0.5, 0.6) is 0 Å². The Labute approximate surface area is 136 Å². The van der Waals surface area contributed by atoms with Gasteiger partial charge < -0.3 is 0 Å². The summed E-state index contributed by atoms with van der Waals surface area (Å²) in [6.45, 7) is 6.89. The Morgan fingerprint density at radius 1 is 0.955 bits per heavy atom. The Kier molecular flexibility index (Phi) is 3.02. The van der Waals surface area contributed by atoms with Crippen LogP contribution < -0.4 is 0 Å². The fourth-order valence-electron chi connectivity index (χ4n) is 3.41. The summed E-state index contributed by atoms with van der Waals surface area (Å²) in [5.74, 6) is 0. The van der Waals surface area contributed by atoms with Crippen LogP contribution in [0.25, 0.3) is 16.3 Å². The van der Waals surface area contributed by atoms with Crippen molar-refractivity contribution in [3.8, 4) is 0 Å². The zero-order valence-electron chi connectivity index (χ0n) is 13.3. The molecule has 4 rings (SSSR count). The third-order valence-corrected chi connectivity index (χ3v) is 5.76. The van der Waals surface area contributed by atoms with Crippen LogP contribution in [0.2, 0.25) is 0 Å². The lowest BCUT2D eigenvalue weighted by Gasteiger charge is -2.32. The number of hydrogen-bond donors (Lipinski definition) is 0. The second kappa shape index (κ2) is 4.82. The predicted molar refractivity (Wildman–Crippen MR) is 97.7 cm³/mol. The molecule has 0 N–H and O–H groups in total. The quantitative estimate of drug-likeness (QED) is 0.493. The molecule has 0 nitrogen and oxygen atoms in total. The molecule has 2 aromatic carbocycles. The highest BCUT2D eigenvalue weighted by atomic mass is 32.1. The molecule has 3 aromatic rings. The van der Waals surface area contributed by atoms with Gasteiger partial charge in [0.1, 0.15) is 0 Å². The van der Waals surface area contributed by atoms with Crippen molar-refractivity contribution in [1.82, 2.24) is 0 Å². The maximum Gasteiger partial charge on any atom is 0.0348 e. The van der Waals surface area contributed by atoms with Gasteiger partial charge in [0.25, 0.3) is 0 Å². The molecule has 0 amide bonds. The van der Waals surface area contributed by atoms with E-state index in [1.54, 1.807) is 0 Å². The first-order valence-electron chi connectivity index (χ1n) is 7.85. The lowest BCUT2D eigenvalue weighted by molar-refractivity contribution is 0.528. The number of benzene rings is 2. The lowest BCUT2D eigenvalue weighted by atomic mass is 9.72. The Morgan fingerprint density at radius 2 is 1.68 bits per heavy atom. The molecule has 0 unspecified atom stereocenters. The highest BCUT2D eigenvalue weighted by molar-refractivity contribution is 7.13. The SMILES string of the molecule is Cc1ccc(C2=CCC(C)(C)c3cc4ccccc4cc32)s1. The molecule has 1 aromatic heterocycles. The van der Waals surface area contributed by atoms with Crippen molar-refractivity contribution in [1.29, 1.82) is 0 Å². The molecule has 0 fully saturated rings. The normalized spacial score (nSPS) is 16.4. The van der Waals surface area contributed by atoms with E-state index in [1.165, 1.54) is 37.2 Å². The predicted octanol–water partition coefficient (Wildman–Crippen LogP) is 6.32. The van der Waals surface area contributed by atoms with E-state index in [1.807, 2.05) is 11.3 Å². The van der Waals surface area contributed by atoms with Crippen LogP contribution in [0.3, 0.4) is 0 Å². The molecular formula is C21H20S. The van der Waals surface area contributed by atoms with Crippen molar-refractivity contribution in [3.63, 3.8) is 0 Å². The molecule has 0 saturated heterocycles. The minimum absolute atomic E-state index is 0.204. The Balaban J connectivity index is 2.00. The zero-order chi connectivity index (χ0) is 15.3. The Bertz CT molecular complexity index is 893. The fraction of sp³-hybridized carbons (Fsp3) is 0.238. The molecular weight excluding hydrogens is 284 g/mol. The van der Waals surface area contributed by atoms with E-state index >= 15 is 0 Å². The third-order valence-electron chi connectivity index (χ3n) is 4.73. The van der Waals surface area contributed by atoms with Crippen LogP contribution in [0.1, 0.15) is 41.1 Å². The summed E-state index contributed by atoms with van der Waals surface area (Å²) >= 11 is 1.90. The molecule has 1 aliphatic carbocycles. The van der Waals surface area contributed by atoms with E-state index < -0.39 is 0 Å². The van der Waals surface area contributed by atoms with Crippen LogP contribution in [0.15, 0.2) is 54.6 Å². The largest absolute Gasteiger partial charge is 0.141 e. The van der Waals surface area contributed by atoms with Gasteiger partial charge in [0.05, 0.1) is 0 Å². The van der Waals surface area contributed by atoms with E-state index in [0.717, 1.165) is 6.42 Å². The topological polar surface area (TPSA) is 0 Å². The summed E-state index contributed by atoms with van der Waals surface area (Å²) in [5.41, 5.74) is 4.51. The average molecular weight is 304 g/mol. The van der Waals surface area contributed by atoms with Crippen LogP contribution in [0, 0.1) is 6.92 Å². The number of thiophene rings is 1. The third kappa shape index (κ3) is 2.12. The minimum Gasteiger partial charge on any atom is -0.141 e. The standard InChI is InChI=1S/C21H20S/c1-14-8-9-20(22-14)17-10-11-21(2,3)19-13-16-7-5-4-6-15(16)12-18(17)19/h4-10,12-13H,11H2,1-3H3. The number of fused-ring (bicyclic) bond motifs is 2. The van der Waals surface area contributed by atoms with Gasteiger partial charge in [-0.15, -0.1) is 11.3 Å². The smallest absolute Gasteiger partial charge is 0.0348 e. The molecule has 1 heteroatoms. The fourth-order valence-corrected chi connectivity index (χ4v) is 4.34. The summed E-state index contributed by atoms with van der Waals surface area (Å²) in [5, 5.41) is 2.68. The molecule has 1 aliphatic rings. The van der Waals surface area contributed by atoms with Gasteiger partial charge in [-0.1, -0.05) is 44.2 Å². The Morgan fingerprint density at radius 3 is 2.36 bits per heavy atom. The zero-order valence-corrected chi connectivity index (χ0v) is 14.1. The number of rotatable bonds is 1. The number of hydrogen-bond acceptors (Lipinski definition) is 1. The molecule has 22 heavy (non-hydrogen) atoms. The number of aryl methyl sites for hydroxylation is 1. The van der Waals surface area contributed by atoms with Crippen LogP contribution in [-0.2, 0) is 5.41 Å². The van der Waals surface area contributed by atoms with E-state index in [0.29, 0.717) is 0 Å². The first-order valence-corrected chi connectivity index (χ1v) is 8.67. The molecule has 0 radical (unpaired) electrons. The van der Waals surface area contributed by atoms with Gasteiger partial charge in [-0.25, -0.2) is 0 Å². The average Bonchev–Trinajstić information content (AvgIpc) is 2.92. The number of allylic oxidation sites excluding steroid dienone is 1. The minimum atomic E-state index is 0.204. The highest BCUT2D eigenvalue weighted by Gasteiger charge is 2.29. The van der Waals surface area contributed by atoms with Crippen LogP contribution in [0.4, 0.5) is 0 Å². The monoisotopic (exact) mass is 304 g/mol. The Hall–Kier alpha value is -1.86. The second-order valence-electron chi connectivity index (χ2n) is 6.86. The van der Waals surface area contributed by atoms with Crippen molar-refractivity contribution in [2.24, 2.45) is 0 Å². The van der Waals surface area contributed by atoms with Gasteiger partial charge in [-0.3, -0.25) is 0 Å². The lowest BCUT2D eigenvalue weighted by Crippen LogP contribution is -2.21. The van der Waals surface area contributed by atoms with Gasteiger partial charge in [0.15, 0.2) is 0 Å². The van der Waals surface area contributed by atoms with E-state index in [2.05, 4.69) is 75.4 Å². The van der Waals surface area contributed by atoms with Crippen molar-refractivity contribution in [3.05, 3.63) is 75.5 Å². The van der Waals surface area contributed by atoms with E-state index in [4.69, 9.17) is 0 Å². The van der Waals surface area contributed by atoms with Gasteiger partial charge >= 0.3 is 0 Å². The molecule has 110 valence electrons. The molecule has 0 aliphatic heterocycles. The van der Waals surface area contributed by atoms with Crippen molar-refractivity contribution in [2.75, 3.05) is 0 Å². The molecule has 0 bridgehead atoms. The van der Waals surface area contributed by atoms with E-state index in [9.17, 15) is 0 Å². The molecule has 1 heterocycles. The van der Waals surface area contributed by atoms with Crippen molar-refractivity contribution < 1.29 is 0 Å². The van der Waals surface area contributed by atoms with Gasteiger partial charge in [-0.05, 0) is 70.5 Å². The van der Waals surface area contributed by atoms with Gasteiger partial charge in [0.2, 0.25) is 0 Å². The van der Waals surface area contributed by atoms with E-state index in [-0.39, 0.29) is 5.41 Å². The molecule has 0 saturated carbocycles. The summed E-state index contributed by atoms with van der Waals surface area (Å²) in [6.07, 6.45) is 3.53. The van der Waals surface area contributed by atoms with Crippen LogP contribution >= 0.6 is 11.3 Å². The van der Waals surface area contributed by atoms with Crippen molar-refractivity contribution >= 4 is 27.7 Å². The first kappa shape index (κ1) is 13.8. The van der Waals surface area contributed by atoms with Crippen molar-refractivity contribution in [2.45, 2.75) is 32.6 Å². The second-order valence-corrected chi connectivity index (χ2v) is 8.15. The summed E-state index contributed by atoms with van der Waals surface area (Å²) in [7, 11) is 0. The highest BCUT2D eigenvalue weighted by Crippen LogP contribution is 2.44. The summed E-state index contributed by atoms with van der Waals surface area (Å²) in [6, 6.07) is 18.0. The van der Waals surface area contributed by atoms with Gasteiger partial charge in [0, 0.05) is 9.75 Å². The maximum atomic E-state index is 2.43. The molecule has 0 spiro atoms. The summed E-state index contributed by atoms with van der Waals surface area (Å²) < 4.78 is 0. The maximum absolute atomic E-state index is 2.43. The van der Waals surface area contributed by atoms with Crippen LogP contribution in [-0.4, -0.2) is 0 Å².